The van der Waals surface area contributed by atoms with Crippen molar-refractivity contribution in [2.45, 2.75) is 26.2 Å². The van der Waals surface area contributed by atoms with Gasteiger partial charge >= 0.3 is 0 Å². The first kappa shape index (κ1) is 13.9. The molecule has 2 aromatic rings. The van der Waals surface area contributed by atoms with Crippen molar-refractivity contribution in [2.24, 2.45) is 5.92 Å². The number of anilines is 2. The Labute approximate surface area is 122 Å². The molecule has 21 heavy (non-hydrogen) atoms. The number of halogens is 1. The Morgan fingerprint density at radius 2 is 2.19 bits per heavy atom. The van der Waals surface area contributed by atoms with Gasteiger partial charge in [-0.1, -0.05) is 0 Å². The van der Waals surface area contributed by atoms with Crippen molar-refractivity contribution in [1.82, 2.24) is 25.5 Å². The van der Waals surface area contributed by atoms with Crippen molar-refractivity contribution in [3.63, 3.8) is 0 Å². The van der Waals surface area contributed by atoms with Crippen LogP contribution in [0.25, 0.3) is 0 Å². The van der Waals surface area contributed by atoms with Gasteiger partial charge in [-0.05, 0) is 45.2 Å². The third-order valence-corrected chi connectivity index (χ3v) is 3.70. The molecule has 112 valence electrons. The number of piperidine rings is 1. The molecular formula is C14H19FN6. The molecule has 0 bridgehead atoms. The van der Waals surface area contributed by atoms with Gasteiger partial charge in [0.2, 0.25) is 5.95 Å². The number of H-pyrrole nitrogens is 1. The molecule has 0 saturated carbocycles. The second kappa shape index (κ2) is 6.17. The van der Waals surface area contributed by atoms with Crippen LogP contribution in [0.4, 0.5) is 16.2 Å². The highest BCUT2D eigenvalue weighted by atomic mass is 19.1. The summed E-state index contributed by atoms with van der Waals surface area (Å²) in [5.74, 6) is 1.16. The van der Waals surface area contributed by atoms with Gasteiger partial charge in [-0.25, -0.2) is 14.4 Å². The number of nitrogens with zero attached hydrogens (tertiary/aromatic N) is 3. The Bertz CT molecular complexity index is 605. The molecule has 3 heterocycles. The van der Waals surface area contributed by atoms with Crippen LogP contribution in [0.5, 0.6) is 0 Å². The summed E-state index contributed by atoms with van der Waals surface area (Å²) in [5, 5.41) is 13.2. The quantitative estimate of drug-likeness (QED) is 0.802. The number of hydrogen-bond donors (Lipinski definition) is 3. The van der Waals surface area contributed by atoms with E-state index in [0.29, 0.717) is 29.8 Å². The number of aromatic amines is 1. The van der Waals surface area contributed by atoms with Crippen molar-refractivity contribution in [1.29, 1.82) is 0 Å². The molecule has 0 aliphatic carbocycles. The van der Waals surface area contributed by atoms with Crippen LogP contribution >= 0.6 is 0 Å². The minimum atomic E-state index is -0.336. The maximum Gasteiger partial charge on any atom is 0.228 e. The van der Waals surface area contributed by atoms with Gasteiger partial charge in [-0.3, -0.25) is 5.10 Å². The minimum Gasteiger partial charge on any atom is -0.317 e. The number of hydrogen-bond acceptors (Lipinski definition) is 5. The highest BCUT2D eigenvalue weighted by Crippen LogP contribution is 2.20. The van der Waals surface area contributed by atoms with E-state index in [1.54, 1.807) is 0 Å². The summed E-state index contributed by atoms with van der Waals surface area (Å²) in [6.45, 7) is 3.90. The maximum atomic E-state index is 13.9. The van der Waals surface area contributed by atoms with Crippen LogP contribution in [0, 0.1) is 18.7 Å². The SMILES string of the molecule is Cc1cc(Nc2ncc(F)c(CC3CCNCC3)n2)n[nH]1. The molecule has 1 aliphatic heterocycles. The molecule has 0 aromatic carbocycles. The lowest BCUT2D eigenvalue weighted by molar-refractivity contribution is 0.365. The van der Waals surface area contributed by atoms with Gasteiger partial charge in [0.15, 0.2) is 11.6 Å². The van der Waals surface area contributed by atoms with Gasteiger partial charge in [0.05, 0.1) is 11.9 Å². The fourth-order valence-corrected chi connectivity index (χ4v) is 2.56. The van der Waals surface area contributed by atoms with Gasteiger partial charge in [0, 0.05) is 11.8 Å². The molecule has 0 amide bonds. The second-order valence-corrected chi connectivity index (χ2v) is 5.45. The molecule has 6 nitrogen and oxygen atoms in total. The summed E-state index contributed by atoms with van der Waals surface area (Å²) in [6, 6.07) is 1.85. The van der Waals surface area contributed by atoms with Gasteiger partial charge in [0.25, 0.3) is 0 Å². The average molecular weight is 290 g/mol. The lowest BCUT2D eigenvalue weighted by atomic mass is 9.93. The van der Waals surface area contributed by atoms with E-state index >= 15 is 0 Å². The molecule has 0 radical (unpaired) electrons. The van der Waals surface area contributed by atoms with Crippen LogP contribution in [0.15, 0.2) is 12.3 Å². The zero-order valence-electron chi connectivity index (χ0n) is 12.0. The predicted molar refractivity (Wildman–Crippen MR) is 77.9 cm³/mol. The lowest BCUT2D eigenvalue weighted by Gasteiger charge is -2.22. The monoisotopic (exact) mass is 290 g/mol. The highest BCUT2D eigenvalue weighted by Gasteiger charge is 2.17. The number of aryl methyl sites for hydroxylation is 1. The van der Waals surface area contributed by atoms with E-state index in [4.69, 9.17) is 0 Å². The summed E-state index contributed by atoms with van der Waals surface area (Å²) in [7, 11) is 0. The van der Waals surface area contributed by atoms with Gasteiger partial charge in [-0.2, -0.15) is 5.10 Å². The first-order valence-corrected chi connectivity index (χ1v) is 7.22. The lowest BCUT2D eigenvalue weighted by Crippen LogP contribution is -2.29. The normalized spacial score (nSPS) is 16.1. The van der Waals surface area contributed by atoms with E-state index in [0.717, 1.165) is 31.6 Å². The van der Waals surface area contributed by atoms with Gasteiger partial charge < -0.3 is 10.6 Å². The van der Waals surface area contributed by atoms with Gasteiger partial charge in [0.1, 0.15) is 0 Å². The molecular weight excluding hydrogens is 271 g/mol. The summed E-state index contributed by atoms with van der Waals surface area (Å²) in [5.41, 5.74) is 1.42. The fraction of sp³-hybridized carbons (Fsp3) is 0.500. The Morgan fingerprint density at radius 1 is 1.38 bits per heavy atom. The molecule has 0 atom stereocenters. The highest BCUT2D eigenvalue weighted by molar-refractivity contribution is 5.47. The smallest absolute Gasteiger partial charge is 0.228 e. The Hall–Kier alpha value is -2.02. The standard InChI is InChI=1S/C14H19FN6/c1-9-6-13(21-20-9)19-14-17-8-11(15)12(18-14)7-10-2-4-16-5-3-10/h6,8,10,16H,2-5,7H2,1H3,(H2,17,18,19,20,21). The molecule has 3 rings (SSSR count). The Balaban J connectivity index is 1.72. The molecule has 3 N–H and O–H groups in total. The first-order chi connectivity index (χ1) is 10.2. The summed E-state index contributed by atoms with van der Waals surface area (Å²) >= 11 is 0. The fourth-order valence-electron chi connectivity index (χ4n) is 2.56. The minimum absolute atomic E-state index is 0.336. The van der Waals surface area contributed by atoms with Crippen molar-refractivity contribution < 1.29 is 4.39 Å². The van der Waals surface area contributed by atoms with E-state index in [9.17, 15) is 4.39 Å². The molecule has 1 saturated heterocycles. The Kier molecular flexibility index (Phi) is 4.10. The second-order valence-electron chi connectivity index (χ2n) is 5.45. The number of aromatic nitrogens is 4. The third-order valence-electron chi connectivity index (χ3n) is 3.70. The zero-order chi connectivity index (χ0) is 14.7. The first-order valence-electron chi connectivity index (χ1n) is 7.22. The molecule has 1 fully saturated rings. The molecule has 7 heteroatoms. The predicted octanol–water partition coefficient (Wildman–Crippen LogP) is 1.93. The van der Waals surface area contributed by atoms with E-state index in [2.05, 4.69) is 30.8 Å². The molecule has 0 spiro atoms. The van der Waals surface area contributed by atoms with Crippen LogP contribution in [-0.2, 0) is 6.42 Å². The van der Waals surface area contributed by atoms with Gasteiger partial charge in [-0.15, -0.1) is 0 Å². The third kappa shape index (κ3) is 3.55. The Morgan fingerprint density at radius 3 is 2.90 bits per heavy atom. The molecule has 1 aliphatic rings. The van der Waals surface area contributed by atoms with Crippen molar-refractivity contribution >= 4 is 11.8 Å². The van der Waals surface area contributed by atoms with Crippen LogP contribution < -0.4 is 10.6 Å². The maximum absolute atomic E-state index is 13.9. The topological polar surface area (TPSA) is 78.5 Å². The summed E-state index contributed by atoms with van der Waals surface area (Å²) in [6.07, 6.45) is 4.01. The summed E-state index contributed by atoms with van der Waals surface area (Å²) < 4.78 is 13.9. The molecule has 2 aromatic heterocycles. The number of rotatable bonds is 4. The van der Waals surface area contributed by atoms with E-state index in [1.807, 2.05) is 13.0 Å². The zero-order valence-corrected chi connectivity index (χ0v) is 12.0. The van der Waals surface area contributed by atoms with E-state index < -0.39 is 0 Å². The summed E-state index contributed by atoms with van der Waals surface area (Å²) in [4.78, 5) is 8.27. The van der Waals surface area contributed by atoms with Crippen LogP contribution in [0.3, 0.4) is 0 Å². The van der Waals surface area contributed by atoms with Crippen LogP contribution in [-0.4, -0.2) is 33.3 Å². The van der Waals surface area contributed by atoms with E-state index in [1.165, 1.54) is 6.20 Å². The van der Waals surface area contributed by atoms with Crippen LogP contribution in [0.2, 0.25) is 0 Å². The molecule has 0 unspecified atom stereocenters. The van der Waals surface area contributed by atoms with Crippen molar-refractivity contribution in [2.75, 3.05) is 18.4 Å². The largest absolute Gasteiger partial charge is 0.317 e. The number of nitrogens with one attached hydrogen (secondary N) is 3. The average Bonchev–Trinajstić information content (AvgIpc) is 2.89. The van der Waals surface area contributed by atoms with E-state index in [-0.39, 0.29) is 5.82 Å². The van der Waals surface area contributed by atoms with Crippen molar-refractivity contribution in [3.05, 3.63) is 29.5 Å². The van der Waals surface area contributed by atoms with Crippen LogP contribution in [0.1, 0.15) is 24.2 Å². The van der Waals surface area contributed by atoms with Crippen molar-refractivity contribution in [3.8, 4) is 0 Å².